The number of nitrogen functional groups attached to an aromatic ring is 1. The maximum Gasteiger partial charge on any atom is 0.270 e. The summed E-state index contributed by atoms with van der Waals surface area (Å²) in [7, 11) is -3.81. The summed E-state index contributed by atoms with van der Waals surface area (Å²) in [5.74, 6) is 5.25. The molecule has 0 saturated carbocycles. The summed E-state index contributed by atoms with van der Waals surface area (Å²) in [6.45, 7) is 3.92. The molecule has 0 heterocycles. The zero-order valence-electron chi connectivity index (χ0n) is 10.7. The van der Waals surface area contributed by atoms with E-state index in [0.717, 1.165) is 6.07 Å². The van der Waals surface area contributed by atoms with Gasteiger partial charge >= 0.3 is 0 Å². The molecule has 0 aliphatic carbocycles. The lowest BCUT2D eigenvalue weighted by molar-refractivity contribution is -0.385. The average Bonchev–Trinajstić information content (AvgIpc) is 2.38. The first-order valence-electron chi connectivity index (χ1n) is 5.63. The maximum atomic E-state index is 12.4. The predicted molar refractivity (Wildman–Crippen MR) is 71.0 cm³/mol. The van der Waals surface area contributed by atoms with Gasteiger partial charge in [0, 0.05) is 25.2 Å². The van der Waals surface area contributed by atoms with Crippen LogP contribution in [-0.4, -0.2) is 30.7 Å². The molecule has 1 aromatic carbocycles. The number of hydrogen-bond donors (Lipinski definition) is 2. The van der Waals surface area contributed by atoms with E-state index in [1.807, 2.05) is 0 Å². The first-order chi connectivity index (χ1) is 8.88. The monoisotopic (exact) mass is 288 g/mol. The highest BCUT2D eigenvalue weighted by Crippen LogP contribution is 2.28. The Morgan fingerprint density at radius 3 is 2.37 bits per heavy atom. The molecule has 0 unspecified atom stereocenters. The van der Waals surface area contributed by atoms with Crippen LogP contribution < -0.4 is 11.3 Å². The number of anilines is 1. The van der Waals surface area contributed by atoms with E-state index in [4.69, 9.17) is 5.84 Å². The van der Waals surface area contributed by atoms with Crippen molar-refractivity contribution < 1.29 is 13.3 Å². The van der Waals surface area contributed by atoms with Crippen LogP contribution in [-0.2, 0) is 10.0 Å². The number of nitrogens with two attached hydrogens (primary N) is 1. The highest BCUT2D eigenvalue weighted by atomic mass is 32.2. The highest BCUT2D eigenvalue weighted by molar-refractivity contribution is 7.89. The SMILES string of the molecule is CCN(CC)S(=O)(=O)c1cc([N+](=O)[O-])ccc1NN. The van der Waals surface area contributed by atoms with Gasteiger partial charge in [0.05, 0.1) is 10.6 Å². The van der Waals surface area contributed by atoms with Crippen molar-refractivity contribution in [2.75, 3.05) is 18.5 Å². The van der Waals surface area contributed by atoms with Crippen molar-refractivity contribution in [3.05, 3.63) is 28.3 Å². The Morgan fingerprint density at radius 2 is 1.95 bits per heavy atom. The van der Waals surface area contributed by atoms with Crippen LogP contribution >= 0.6 is 0 Å². The van der Waals surface area contributed by atoms with E-state index in [1.165, 1.54) is 16.4 Å². The van der Waals surface area contributed by atoms with Crippen LogP contribution in [0.1, 0.15) is 13.8 Å². The van der Waals surface area contributed by atoms with Gasteiger partial charge in [0.1, 0.15) is 4.90 Å². The fraction of sp³-hybridized carbons (Fsp3) is 0.400. The van der Waals surface area contributed by atoms with E-state index in [0.29, 0.717) is 0 Å². The van der Waals surface area contributed by atoms with Crippen molar-refractivity contribution in [2.24, 2.45) is 5.84 Å². The Morgan fingerprint density at radius 1 is 1.37 bits per heavy atom. The van der Waals surface area contributed by atoms with Crippen LogP contribution in [0.15, 0.2) is 23.1 Å². The third-order valence-electron chi connectivity index (χ3n) is 2.65. The molecular weight excluding hydrogens is 272 g/mol. The van der Waals surface area contributed by atoms with Gasteiger partial charge in [-0.3, -0.25) is 16.0 Å². The van der Waals surface area contributed by atoms with Gasteiger partial charge in [0.2, 0.25) is 10.0 Å². The summed E-state index contributed by atoms with van der Waals surface area (Å²) in [5.41, 5.74) is 2.06. The molecule has 3 N–H and O–H groups in total. The van der Waals surface area contributed by atoms with Gasteiger partial charge in [0.15, 0.2) is 0 Å². The van der Waals surface area contributed by atoms with Gasteiger partial charge in [-0.05, 0) is 6.07 Å². The molecule has 0 spiro atoms. The number of nitro groups is 1. The quantitative estimate of drug-likeness (QED) is 0.456. The minimum Gasteiger partial charge on any atom is -0.323 e. The second kappa shape index (κ2) is 5.95. The standard InChI is InChI=1S/C10H16N4O4S/c1-3-13(4-2)19(17,18)10-7-8(14(15)16)5-6-9(10)12-11/h5-7,12H,3-4,11H2,1-2H3. The van der Waals surface area contributed by atoms with Crippen molar-refractivity contribution in [1.29, 1.82) is 0 Å². The van der Waals surface area contributed by atoms with Crippen molar-refractivity contribution in [2.45, 2.75) is 18.7 Å². The Hall–Kier alpha value is -1.71. The molecule has 0 fully saturated rings. The van der Waals surface area contributed by atoms with E-state index < -0.39 is 14.9 Å². The zero-order chi connectivity index (χ0) is 14.6. The lowest BCUT2D eigenvalue weighted by Gasteiger charge is -2.20. The van der Waals surface area contributed by atoms with Crippen LogP contribution in [0.3, 0.4) is 0 Å². The molecule has 0 radical (unpaired) electrons. The normalized spacial score (nSPS) is 11.6. The Balaban J connectivity index is 3.46. The van der Waals surface area contributed by atoms with Crippen molar-refractivity contribution in [3.8, 4) is 0 Å². The van der Waals surface area contributed by atoms with E-state index in [9.17, 15) is 18.5 Å². The molecule has 0 amide bonds. The molecule has 0 aliphatic heterocycles. The Bertz CT molecular complexity index is 569. The molecule has 0 atom stereocenters. The third-order valence-corrected chi connectivity index (χ3v) is 4.74. The van der Waals surface area contributed by atoms with Crippen LogP contribution in [0, 0.1) is 10.1 Å². The molecule has 0 aromatic heterocycles. The molecule has 9 heteroatoms. The van der Waals surface area contributed by atoms with Crippen LogP contribution in [0.25, 0.3) is 0 Å². The van der Waals surface area contributed by atoms with Gasteiger partial charge in [-0.25, -0.2) is 8.42 Å². The number of nitro benzene ring substituents is 1. The van der Waals surface area contributed by atoms with Crippen molar-refractivity contribution in [1.82, 2.24) is 4.31 Å². The first-order valence-corrected chi connectivity index (χ1v) is 7.07. The highest BCUT2D eigenvalue weighted by Gasteiger charge is 2.26. The summed E-state index contributed by atoms with van der Waals surface area (Å²) in [6.07, 6.45) is 0. The molecule has 0 saturated heterocycles. The number of nitrogens with one attached hydrogen (secondary N) is 1. The minimum absolute atomic E-state index is 0.123. The van der Waals surface area contributed by atoms with E-state index in [2.05, 4.69) is 5.43 Å². The second-order valence-electron chi connectivity index (χ2n) is 3.67. The molecule has 0 aliphatic rings. The summed E-state index contributed by atoms with van der Waals surface area (Å²) >= 11 is 0. The molecule has 1 aromatic rings. The summed E-state index contributed by atoms with van der Waals surface area (Å²) < 4.78 is 25.9. The summed E-state index contributed by atoms with van der Waals surface area (Å²) in [4.78, 5) is 9.88. The average molecular weight is 288 g/mol. The molecular formula is C10H16N4O4S. The number of hydrogen-bond acceptors (Lipinski definition) is 6. The number of sulfonamides is 1. The van der Waals surface area contributed by atoms with Gasteiger partial charge in [0.25, 0.3) is 5.69 Å². The number of nitrogens with zero attached hydrogens (tertiary/aromatic N) is 2. The Labute approximate surface area is 111 Å². The fourth-order valence-corrected chi connectivity index (χ4v) is 3.29. The van der Waals surface area contributed by atoms with Crippen LogP contribution in [0.2, 0.25) is 0 Å². The lowest BCUT2D eigenvalue weighted by Crippen LogP contribution is -2.31. The summed E-state index contributed by atoms with van der Waals surface area (Å²) in [5, 5.41) is 10.7. The molecule has 106 valence electrons. The minimum atomic E-state index is -3.81. The second-order valence-corrected chi connectivity index (χ2v) is 5.58. The smallest absolute Gasteiger partial charge is 0.270 e. The van der Waals surface area contributed by atoms with E-state index in [1.54, 1.807) is 13.8 Å². The maximum absolute atomic E-state index is 12.4. The largest absolute Gasteiger partial charge is 0.323 e. The van der Waals surface area contributed by atoms with Crippen molar-refractivity contribution >= 4 is 21.4 Å². The number of benzene rings is 1. The van der Waals surface area contributed by atoms with Gasteiger partial charge in [-0.1, -0.05) is 13.8 Å². The molecule has 1 rings (SSSR count). The fourth-order valence-electron chi connectivity index (χ4n) is 1.66. The topological polar surface area (TPSA) is 119 Å². The lowest BCUT2D eigenvalue weighted by atomic mass is 10.3. The van der Waals surface area contributed by atoms with E-state index in [-0.39, 0.29) is 29.4 Å². The van der Waals surface area contributed by atoms with E-state index >= 15 is 0 Å². The number of rotatable bonds is 6. The van der Waals surface area contributed by atoms with Gasteiger partial charge in [-0.15, -0.1) is 0 Å². The van der Waals surface area contributed by atoms with Crippen LogP contribution in [0.4, 0.5) is 11.4 Å². The van der Waals surface area contributed by atoms with Gasteiger partial charge < -0.3 is 5.43 Å². The molecule has 19 heavy (non-hydrogen) atoms. The number of non-ortho nitro benzene ring substituents is 1. The van der Waals surface area contributed by atoms with Gasteiger partial charge in [-0.2, -0.15) is 4.31 Å². The van der Waals surface area contributed by atoms with Crippen molar-refractivity contribution in [3.63, 3.8) is 0 Å². The summed E-state index contributed by atoms with van der Waals surface area (Å²) in [6, 6.07) is 3.47. The molecule has 0 bridgehead atoms. The number of hydrazine groups is 1. The predicted octanol–water partition coefficient (Wildman–Crippen LogP) is 0.911. The Kier molecular flexibility index (Phi) is 4.81. The third kappa shape index (κ3) is 3.00. The first kappa shape index (κ1) is 15.3. The molecule has 8 nitrogen and oxygen atoms in total. The zero-order valence-corrected chi connectivity index (χ0v) is 11.5. The van der Waals surface area contributed by atoms with Crippen LogP contribution in [0.5, 0.6) is 0 Å².